The van der Waals surface area contributed by atoms with Crippen molar-refractivity contribution in [1.82, 2.24) is 0 Å². The van der Waals surface area contributed by atoms with Crippen LogP contribution in [0.5, 0.6) is 0 Å². The van der Waals surface area contributed by atoms with Crippen LogP contribution in [0.3, 0.4) is 0 Å². The van der Waals surface area contributed by atoms with Crippen LogP contribution in [0.1, 0.15) is 0 Å². The van der Waals surface area contributed by atoms with Gasteiger partial charge in [-0.3, -0.25) is 4.72 Å². The monoisotopic (exact) mass is 456 g/mol. The molecule has 21 heavy (non-hydrogen) atoms. The summed E-state index contributed by atoms with van der Waals surface area (Å²) in [6.07, 6.45) is 0. The van der Waals surface area contributed by atoms with Gasteiger partial charge >= 0.3 is 0 Å². The SMILES string of the molecule is Nc1cc(Cl)cc(S(=O)(=O)Nc2ccc(Br)c(F)c2)c1Br. The van der Waals surface area contributed by atoms with Crippen LogP contribution in [-0.4, -0.2) is 8.42 Å². The van der Waals surface area contributed by atoms with E-state index in [-0.39, 0.29) is 30.2 Å². The summed E-state index contributed by atoms with van der Waals surface area (Å²) >= 11 is 11.9. The van der Waals surface area contributed by atoms with Crippen molar-refractivity contribution in [3.05, 3.63) is 50.1 Å². The van der Waals surface area contributed by atoms with Crippen LogP contribution in [0.15, 0.2) is 44.2 Å². The molecule has 0 unspecified atom stereocenters. The van der Waals surface area contributed by atoms with Gasteiger partial charge in [-0.1, -0.05) is 11.6 Å². The van der Waals surface area contributed by atoms with Gasteiger partial charge in [0.05, 0.1) is 14.6 Å². The number of sulfonamides is 1. The fraction of sp³-hybridized carbons (Fsp3) is 0. The van der Waals surface area contributed by atoms with Crippen molar-refractivity contribution >= 4 is 64.9 Å². The van der Waals surface area contributed by atoms with Crippen molar-refractivity contribution < 1.29 is 12.8 Å². The molecule has 3 N–H and O–H groups in total. The van der Waals surface area contributed by atoms with E-state index in [2.05, 4.69) is 36.6 Å². The Morgan fingerprint density at radius 3 is 2.48 bits per heavy atom. The number of nitrogens with one attached hydrogen (secondary N) is 1. The van der Waals surface area contributed by atoms with Gasteiger partial charge in [-0.25, -0.2) is 12.8 Å². The first-order valence-corrected chi connectivity index (χ1v) is 8.88. The molecule has 9 heteroatoms. The minimum Gasteiger partial charge on any atom is -0.398 e. The van der Waals surface area contributed by atoms with E-state index in [1.54, 1.807) is 0 Å². The first-order valence-electron chi connectivity index (χ1n) is 5.43. The lowest BCUT2D eigenvalue weighted by Gasteiger charge is -2.12. The number of anilines is 2. The summed E-state index contributed by atoms with van der Waals surface area (Å²) in [5.41, 5.74) is 5.94. The van der Waals surface area contributed by atoms with Gasteiger partial charge in [0.15, 0.2) is 0 Å². The molecule has 0 aromatic heterocycles. The molecule has 0 heterocycles. The summed E-state index contributed by atoms with van der Waals surface area (Å²) in [6.45, 7) is 0. The Morgan fingerprint density at radius 2 is 1.86 bits per heavy atom. The molecular formula is C12H8Br2ClFN2O2S. The summed E-state index contributed by atoms with van der Waals surface area (Å²) in [4.78, 5) is -0.129. The third-order valence-corrected chi connectivity index (χ3v) is 5.91. The third-order valence-electron chi connectivity index (χ3n) is 2.49. The second kappa shape index (κ2) is 6.12. The maximum Gasteiger partial charge on any atom is 0.263 e. The first-order chi connectivity index (χ1) is 9.70. The molecule has 0 aliphatic carbocycles. The molecule has 2 aromatic carbocycles. The van der Waals surface area contributed by atoms with Gasteiger partial charge in [-0.05, 0) is 62.2 Å². The van der Waals surface area contributed by atoms with E-state index in [0.29, 0.717) is 0 Å². The number of nitrogens with two attached hydrogens (primary N) is 1. The molecule has 0 aliphatic heterocycles. The summed E-state index contributed by atoms with van der Waals surface area (Å²) in [5, 5.41) is 0.179. The highest BCUT2D eigenvalue weighted by molar-refractivity contribution is 9.10. The molecule has 0 atom stereocenters. The molecule has 0 aliphatic rings. The van der Waals surface area contributed by atoms with Crippen LogP contribution >= 0.6 is 43.5 Å². The van der Waals surface area contributed by atoms with Crippen LogP contribution in [0.25, 0.3) is 0 Å². The maximum atomic E-state index is 13.4. The summed E-state index contributed by atoms with van der Waals surface area (Å²) in [7, 11) is -3.96. The Labute approximate surface area is 142 Å². The lowest BCUT2D eigenvalue weighted by molar-refractivity contribution is 0.600. The molecule has 0 saturated carbocycles. The standard InChI is InChI=1S/C12H8Br2ClFN2O2S/c13-8-2-1-7(5-9(8)16)18-21(19,20)11-4-6(15)3-10(17)12(11)14/h1-5,18H,17H2. The van der Waals surface area contributed by atoms with E-state index in [1.807, 2.05) is 0 Å². The Bertz CT molecular complexity index is 815. The molecule has 2 aromatic rings. The van der Waals surface area contributed by atoms with Gasteiger partial charge < -0.3 is 5.73 Å². The Kier molecular flexibility index (Phi) is 4.82. The maximum absolute atomic E-state index is 13.4. The highest BCUT2D eigenvalue weighted by Crippen LogP contribution is 2.32. The van der Waals surface area contributed by atoms with Crippen LogP contribution < -0.4 is 10.5 Å². The second-order valence-corrected chi connectivity index (χ2v) is 7.78. The van der Waals surface area contributed by atoms with Crippen molar-refractivity contribution in [1.29, 1.82) is 0 Å². The van der Waals surface area contributed by atoms with Crippen LogP contribution in [0, 0.1) is 5.82 Å². The normalized spacial score (nSPS) is 11.4. The summed E-state index contributed by atoms with van der Waals surface area (Å²) in [5.74, 6) is -0.583. The average molecular weight is 459 g/mol. The van der Waals surface area contributed by atoms with E-state index in [9.17, 15) is 12.8 Å². The highest BCUT2D eigenvalue weighted by atomic mass is 79.9. The number of nitrogen functional groups attached to an aromatic ring is 1. The van der Waals surface area contributed by atoms with E-state index in [0.717, 1.165) is 6.07 Å². The van der Waals surface area contributed by atoms with Gasteiger partial charge in [0.1, 0.15) is 10.7 Å². The predicted molar refractivity (Wildman–Crippen MR) is 88.5 cm³/mol. The predicted octanol–water partition coefficient (Wildman–Crippen LogP) is 4.39. The van der Waals surface area contributed by atoms with Gasteiger partial charge in [-0.15, -0.1) is 0 Å². The Morgan fingerprint density at radius 1 is 1.19 bits per heavy atom. The van der Waals surface area contributed by atoms with E-state index < -0.39 is 15.8 Å². The lowest BCUT2D eigenvalue weighted by Crippen LogP contribution is -2.14. The number of hydrogen-bond acceptors (Lipinski definition) is 3. The second-order valence-electron chi connectivity index (χ2n) is 4.04. The molecular weight excluding hydrogens is 450 g/mol. The number of halogens is 4. The zero-order valence-corrected chi connectivity index (χ0v) is 14.9. The van der Waals surface area contributed by atoms with E-state index >= 15 is 0 Å². The molecule has 0 bridgehead atoms. The minimum atomic E-state index is -3.96. The van der Waals surface area contributed by atoms with Crippen molar-refractivity contribution in [3.8, 4) is 0 Å². The van der Waals surface area contributed by atoms with Gasteiger partial charge in [0.2, 0.25) is 0 Å². The molecule has 4 nitrogen and oxygen atoms in total. The molecule has 2 rings (SSSR count). The van der Waals surface area contributed by atoms with Crippen molar-refractivity contribution in [3.63, 3.8) is 0 Å². The quantitative estimate of drug-likeness (QED) is 0.671. The fourth-order valence-electron chi connectivity index (χ4n) is 1.55. The highest BCUT2D eigenvalue weighted by Gasteiger charge is 2.20. The van der Waals surface area contributed by atoms with Crippen molar-refractivity contribution in [2.24, 2.45) is 0 Å². The van der Waals surface area contributed by atoms with Gasteiger partial charge in [0, 0.05) is 10.7 Å². The zero-order valence-electron chi connectivity index (χ0n) is 10.2. The minimum absolute atomic E-state index is 0.0844. The Hall–Kier alpha value is -0.830. The largest absolute Gasteiger partial charge is 0.398 e. The third kappa shape index (κ3) is 3.68. The molecule has 112 valence electrons. The van der Waals surface area contributed by atoms with Gasteiger partial charge in [-0.2, -0.15) is 0 Å². The van der Waals surface area contributed by atoms with Crippen LogP contribution in [-0.2, 0) is 10.0 Å². The Balaban J connectivity index is 2.45. The number of hydrogen-bond donors (Lipinski definition) is 2. The van der Waals surface area contributed by atoms with Gasteiger partial charge in [0.25, 0.3) is 10.0 Å². The van der Waals surface area contributed by atoms with Crippen LogP contribution in [0.2, 0.25) is 5.02 Å². The van der Waals surface area contributed by atoms with Crippen molar-refractivity contribution in [2.75, 3.05) is 10.5 Å². The molecule has 0 amide bonds. The first kappa shape index (κ1) is 16.5. The molecule has 0 saturated heterocycles. The molecule has 0 radical (unpaired) electrons. The molecule has 0 fully saturated rings. The zero-order chi connectivity index (χ0) is 15.8. The molecule has 0 spiro atoms. The number of rotatable bonds is 3. The average Bonchev–Trinajstić information content (AvgIpc) is 2.37. The number of benzene rings is 2. The fourth-order valence-corrected chi connectivity index (χ4v) is 4.14. The lowest BCUT2D eigenvalue weighted by atomic mass is 10.3. The summed E-state index contributed by atoms with van der Waals surface area (Å²) < 4.78 is 40.8. The van der Waals surface area contributed by atoms with E-state index in [4.69, 9.17) is 17.3 Å². The van der Waals surface area contributed by atoms with E-state index in [1.165, 1.54) is 24.3 Å². The summed E-state index contributed by atoms with van der Waals surface area (Å²) in [6, 6.07) is 6.55. The van der Waals surface area contributed by atoms with Crippen LogP contribution in [0.4, 0.5) is 15.8 Å². The smallest absolute Gasteiger partial charge is 0.263 e. The topological polar surface area (TPSA) is 72.2 Å². The van der Waals surface area contributed by atoms with Crippen molar-refractivity contribution in [2.45, 2.75) is 4.90 Å².